The van der Waals surface area contributed by atoms with Crippen LogP contribution < -0.4 is 5.32 Å². The van der Waals surface area contributed by atoms with Gasteiger partial charge in [-0.3, -0.25) is 19.4 Å². The van der Waals surface area contributed by atoms with E-state index >= 15 is 0 Å². The van der Waals surface area contributed by atoms with E-state index in [1.54, 1.807) is 0 Å². The molecule has 0 spiro atoms. The predicted octanol–water partition coefficient (Wildman–Crippen LogP) is 2.08. The second-order valence-corrected chi connectivity index (χ2v) is 7.44. The molecule has 1 aromatic rings. The summed E-state index contributed by atoms with van der Waals surface area (Å²) in [7, 11) is 2.83. The first-order valence-electron chi connectivity index (χ1n) is 10.5. The zero-order chi connectivity index (χ0) is 23.1. The number of Topliss-reactive ketones (excluding diaryl/α,β-unsaturated/α-hetero) is 1. The second-order valence-electron chi connectivity index (χ2n) is 7.44. The Morgan fingerprint density at radius 1 is 1.03 bits per heavy atom. The van der Waals surface area contributed by atoms with E-state index in [0.29, 0.717) is 38.1 Å². The molecule has 0 saturated carbocycles. The molecule has 172 valence electrons. The molecule has 8 heteroatoms. The van der Waals surface area contributed by atoms with Crippen molar-refractivity contribution in [3.8, 4) is 0 Å². The number of aliphatic hydroxyl groups is 1. The Balaban J connectivity index is 2.25. The summed E-state index contributed by atoms with van der Waals surface area (Å²) >= 11 is 0. The Morgan fingerprint density at radius 2 is 1.74 bits per heavy atom. The Labute approximate surface area is 184 Å². The summed E-state index contributed by atoms with van der Waals surface area (Å²) in [5.74, 6) is -0.360. The number of benzene rings is 1. The number of methoxy groups -OCH3 is 2. The van der Waals surface area contributed by atoms with Gasteiger partial charge in [-0.05, 0) is 30.7 Å². The number of hydrogen-bond donors (Lipinski definition) is 2. The van der Waals surface area contributed by atoms with Gasteiger partial charge in [-0.25, -0.2) is 0 Å². The minimum atomic E-state index is -1.09. The monoisotopic (exact) mass is 434 g/mol. The van der Waals surface area contributed by atoms with Gasteiger partial charge in [-0.2, -0.15) is 0 Å². The van der Waals surface area contributed by atoms with Crippen molar-refractivity contribution in [1.29, 1.82) is 0 Å². The number of carbonyl (C=O) groups is 3. The fraction of sp³-hybridized carbons (Fsp3) is 0.565. The number of amides is 1. The van der Waals surface area contributed by atoms with E-state index in [4.69, 9.17) is 4.74 Å². The van der Waals surface area contributed by atoms with Crippen molar-refractivity contribution < 1.29 is 29.0 Å². The third kappa shape index (κ3) is 11.9. The van der Waals surface area contributed by atoms with Crippen molar-refractivity contribution >= 4 is 23.6 Å². The van der Waals surface area contributed by atoms with Crippen LogP contribution in [0.3, 0.4) is 0 Å². The highest BCUT2D eigenvalue weighted by atomic mass is 16.5. The molecular formula is C23H34N2O6. The van der Waals surface area contributed by atoms with E-state index < -0.39 is 11.9 Å². The molecule has 0 bridgehead atoms. The quantitative estimate of drug-likeness (QED) is 0.263. The predicted molar refractivity (Wildman–Crippen MR) is 118 cm³/mol. The van der Waals surface area contributed by atoms with Crippen LogP contribution in [-0.4, -0.2) is 62.1 Å². The van der Waals surface area contributed by atoms with Crippen LogP contribution in [0, 0.1) is 5.92 Å². The maximum Gasteiger partial charge on any atom is 0.306 e. The first-order valence-corrected chi connectivity index (χ1v) is 10.5. The van der Waals surface area contributed by atoms with Crippen LogP contribution in [0.5, 0.6) is 0 Å². The molecular weight excluding hydrogens is 400 g/mol. The molecule has 0 heterocycles. The van der Waals surface area contributed by atoms with Crippen LogP contribution in [0.25, 0.3) is 0 Å². The largest absolute Gasteiger partial charge is 0.484 e. The lowest BCUT2D eigenvalue weighted by atomic mass is 10.0. The highest BCUT2D eigenvalue weighted by Gasteiger charge is 2.16. The third-order valence-electron chi connectivity index (χ3n) is 4.83. The molecule has 0 fully saturated rings. The van der Waals surface area contributed by atoms with Gasteiger partial charge in [0, 0.05) is 19.4 Å². The number of aliphatic imine (C=N–C) groups is 1. The molecule has 0 aliphatic carbocycles. The zero-order valence-corrected chi connectivity index (χ0v) is 18.6. The highest BCUT2D eigenvalue weighted by molar-refractivity contribution is 5.88. The summed E-state index contributed by atoms with van der Waals surface area (Å²) in [4.78, 5) is 39.5. The smallest absolute Gasteiger partial charge is 0.306 e. The molecule has 0 radical (unpaired) electrons. The number of esters is 1. The minimum Gasteiger partial charge on any atom is -0.484 e. The van der Waals surface area contributed by atoms with Gasteiger partial charge in [0.2, 0.25) is 5.91 Å². The number of rotatable bonds is 14. The lowest BCUT2D eigenvalue weighted by Gasteiger charge is -2.12. The number of ketones is 1. The fourth-order valence-electron chi connectivity index (χ4n) is 2.78. The maximum atomic E-state index is 12.0. The average Bonchev–Trinajstić information content (AvgIpc) is 2.79. The molecule has 1 amide bonds. The number of hydrogen-bond acceptors (Lipinski definition) is 7. The summed E-state index contributed by atoms with van der Waals surface area (Å²) < 4.78 is 9.75. The number of aryl methyl sites for hydroxylation is 1. The highest BCUT2D eigenvalue weighted by Crippen LogP contribution is 2.08. The number of carbonyl (C=O) groups excluding carboxylic acids is 3. The van der Waals surface area contributed by atoms with E-state index in [1.807, 2.05) is 37.3 Å². The Hall–Kier alpha value is -2.74. The van der Waals surface area contributed by atoms with E-state index in [2.05, 4.69) is 15.0 Å². The van der Waals surface area contributed by atoms with Gasteiger partial charge >= 0.3 is 5.97 Å². The third-order valence-corrected chi connectivity index (χ3v) is 4.83. The molecule has 0 aliphatic heterocycles. The summed E-state index contributed by atoms with van der Waals surface area (Å²) in [5.41, 5.74) is 1.05. The van der Waals surface area contributed by atoms with Crippen molar-refractivity contribution in [1.82, 2.24) is 5.32 Å². The molecule has 1 rings (SSSR count). The maximum absolute atomic E-state index is 12.0. The van der Waals surface area contributed by atoms with Crippen LogP contribution in [-0.2, 0) is 30.3 Å². The lowest BCUT2D eigenvalue weighted by molar-refractivity contribution is -0.140. The minimum absolute atomic E-state index is 0.126. The number of aliphatic hydroxyl groups excluding tert-OH is 1. The Kier molecular flexibility index (Phi) is 12.8. The van der Waals surface area contributed by atoms with E-state index in [0.717, 1.165) is 5.56 Å². The summed E-state index contributed by atoms with van der Waals surface area (Å²) in [6.45, 7) is 2.25. The fourth-order valence-corrected chi connectivity index (χ4v) is 2.78. The van der Waals surface area contributed by atoms with Crippen LogP contribution >= 0.6 is 0 Å². The van der Waals surface area contributed by atoms with Crippen LogP contribution in [0.15, 0.2) is 35.3 Å². The molecule has 2 atom stereocenters. The topological polar surface area (TPSA) is 114 Å². The van der Waals surface area contributed by atoms with Gasteiger partial charge in [0.15, 0.2) is 11.7 Å². The van der Waals surface area contributed by atoms with Gasteiger partial charge < -0.3 is 19.9 Å². The molecule has 0 aliphatic rings. The van der Waals surface area contributed by atoms with Gasteiger partial charge in [0.05, 0.1) is 27.2 Å². The van der Waals surface area contributed by atoms with Crippen molar-refractivity contribution in [3.05, 3.63) is 35.9 Å². The molecule has 31 heavy (non-hydrogen) atoms. The van der Waals surface area contributed by atoms with Crippen molar-refractivity contribution in [2.45, 2.75) is 51.6 Å². The molecule has 2 N–H and O–H groups in total. The van der Waals surface area contributed by atoms with Gasteiger partial charge in [0.25, 0.3) is 0 Å². The number of nitrogens with one attached hydrogen (secondary N) is 1. The first kappa shape index (κ1) is 26.3. The lowest BCUT2D eigenvalue weighted by Crippen LogP contribution is -2.35. The zero-order valence-electron chi connectivity index (χ0n) is 18.6. The Bertz CT molecular complexity index is 720. The van der Waals surface area contributed by atoms with Crippen LogP contribution in [0.4, 0.5) is 0 Å². The van der Waals surface area contributed by atoms with Crippen LogP contribution in [0.1, 0.15) is 44.6 Å². The SMILES string of the molecule is COC(=O)CCC(=NCC(C)CCC(=O)NCC(=O)C(O)CCc1ccccc1)OC. The standard InChI is InChI=1S/C23H34N2O6/c1-17(15-25-22(30-2)13-14-23(29)31-3)9-12-21(28)24-16-20(27)19(26)11-10-18-7-5-4-6-8-18/h4-8,17,19,26H,9-16H2,1-3H3,(H,24,28). The van der Waals surface area contributed by atoms with Crippen molar-refractivity contribution in [3.63, 3.8) is 0 Å². The summed E-state index contributed by atoms with van der Waals surface area (Å²) in [6, 6.07) is 9.62. The molecule has 1 aromatic carbocycles. The summed E-state index contributed by atoms with van der Waals surface area (Å²) in [5, 5.41) is 12.6. The average molecular weight is 435 g/mol. The van der Waals surface area contributed by atoms with Crippen molar-refractivity contribution in [2.75, 3.05) is 27.3 Å². The Morgan fingerprint density at radius 3 is 2.39 bits per heavy atom. The molecule has 8 nitrogen and oxygen atoms in total. The molecule has 0 aromatic heterocycles. The molecule has 0 saturated heterocycles. The summed E-state index contributed by atoms with van der Waals surface area (Å²) in [6.07, 6.45) is 1.25. The van der Waals surface area contributed by atoms with E-state index in [-0.39, 0.29) is 37.2 Å². The van der Waals surface area contributed by atoms with Gasteiger partial charge in [-0.1, -0.05) is 37.3 Å². The second kappa shape index (κ2) is 15.1. The van der Waals surface area contributed by atoms with E-state index in [1.165, 1.54) is 14.2 Å². The van der Waals surface area contributed by atoms with Crippen LogP contribution in [0.2, 0.25) is 0 Å². The van der Waals surface area contributed by atoms with Gasteiger partial charge in [0.1, 0.15) is 6.10 Å². The molecule has 2 unspecified atom stereocenters. The van der Waals surface area contributed by atoms with Gasteiger partial charge in [-0.15, -0.1) is 0 Å². The first-order chi connectivity index (χ1) is 14.8. The van der Waals surface area contributed by atoms with Crippen molar-refractivity contribution in [2.24, 2.45) is 10.9 Å². The number of nitrogens with zero attached hydrogens (tertiary/aromatic N) is 1. The van der Waals surface area contributed by atoms with E-state index in [9.17, 15) is 19.5 Å². The number of ether oxygens (including phenoxy) is 2. The normalized spacial score (nSPS) is 13.2.